The molecule has 4 heteroatoms. The molecule has 0 fully saturated rings. The van der Waals surface area contributed by atoms with E-state index < -0.39 is 0 Å². The highest BCUT2D eigenvalue weighted by Crippen LogP contribution is 2.37. The van der Waals surface area contributed by atoms with Crippen LogP contribution < -0.4 is 5.32 Å². The van der Waals surface area contributed by atoms with Gasteiger partial charge >= 0.3 is 0 Å². The molecule has 2 aromatic heterocycles. The second kappa shape index (κ2) is 6.02. The van der Waals surface area contributed by atoms with Gasteiger partial charge in [-0.2, -0.15) is 0 Å². The molecule has 1 atom stereocenters. The topological polar surface area (TPSA) is 37.8 Å². The number of nitrogens with zero attached hydrogens (tertiary/aromatic N) is 2. The Balaban J connectivity index is 1.88. The van der Waals surface area contributed by atoms with Crippen molar-refractivity contribution in [1.29, 1.82) is 0 Å². The van der Waals surface area contributed by atoms with E-state index in [4.69, 9.17) is 4.98 Å². The maximum Gasteiger partial charge on any atom is 0.142 e. The summed E-state index contributed by atoms with van der Waals surface area (Å²) >= 11 is 1.82. The first kappa shape index (κ1) is 13.7. The van der Waals surface area contributed by atoms with Gasteiger partial charge in [-0.3, -0.25) is 4.98 Å². The number of hydrogen-bond donors (Lipinski definition) is 1. The minimum Gasteiger partial charge on any atom is -0.309 e. The van der Waals surface area contributed by atoms with Crippen LogP contribution in [0.3, 0.4) is 0 Å². The van der Waals surface area contributed by atoms with Crippen molar-refractivity contribution in [2.75, 3.05) is 6.54 Å². The molecule has 0 bridgehead atoms. The minimum atomic E-state index is 0.496. The van der Waals surface area contributed by atoms with E-state index in [-0.39, 0.29) is 0 Å². The summed E-state index contributed by atoms with van der Waals surface area (Å²) < 4.78 is 0. The summed E-state index contributed by atoms with van der Waals surface area (Å²) in [4.78, 5) is 10.8. The molecule has 0 saturated carbocycles. The Morgan fingerprint density at radius 3 is 3.05 bits per heavy atom. The molecule has 1 N–H and O–H groups in total. The molecule has 0 amide bonds. The quantitative estimate of drug-likeness (QED) is 0.927. The Morgan fingerprint density at radius 1 is 1.40 bits per heavy atom. The van der Waals surface area contributed by atoms with E-state index in [0.29, 0.717) is 6.04 Å². The zero-order chi connectivity index (χ0) is 13.9. The Kier molecular flexibility index (Phi) is 4.13. The van der Waals surface area contributed by atoms with Gasteiger partial charge < -0.3 is 5.32 Å². The first-order valence-electron chi connectivity index (χ1n) is 7.44. The zero-order valence-electron chi connectivity index (χ0n) is 12.1. The Morgan fingerprint density at radius 2 is 2.30 bits per heavy atom. The Hall–Kier alpha value is -1.26. The van der Waals surface area contributed by atoms with Crippen molar-refractivity contribution in [3.05, 3.63) is 34.5 Å². The molecule has 0 aromatic carbocycles. The van der Waals surface area contributed by atoms with Gasteiger partial charge in [0.15, 0.2) is 0 Å². The van der Waals surface area contributed by atoms with Crippen LogP contribution in [0.15, 0.2) is 18.3 Å². The van der Waals surface area contributed by atoms with Crippen molar-refractivity contribution >= 4 is 11.3 Å². The molecule has 0 radical (unpaired) electrons. The third-order valence-electron chi connectivity index (χ3n) is 3.72. The molecular formula is C16H21N3S. The number of aromatic nitrogens is 2. The van der Waals surface area contributed by atoms with Crippen molar-refractivity contribution in [1.82, 2.24) is 15.3 Å². The average Bonchev–Trinajstić information content (AvgIpc) is 2.90. The molecule has 2 aromatic rings. The summed E-state index contributed by atoms with van der Waals surface area (Å²) in [5, 5.41) is 4.72. The molecule has 0 aliphatic heterocycles. The molecule has 3 rings (SSSR count). The summed E-state index contributed by atoms with van der Waals surface area (Å²) in [7, 11) is 0. The summed E-state index contributed by atoms with van der Waals surface area (Å²) in [6, 6.07) is 4.68. The standard InChI is InChI=1S/C16H21N3S/c1-3-9-17-12-5-4-6-13-15(12)20-16(19-13)14-8-7-11(2)10-18-14/h7-8,10,12,17H,3-6,9H2,1-2H3. The van der Waals surface area contributed by atoms with E-state index in [1.54, 1.807) is 0 Å². The van der Waals surface area contributed by atoms with Crippen molar-refractivity contribution < 1.29 is 0 Å². The largest absolute Gasteiger partial charge is 0.309 e. The van der Waals surface area contributed by atoms with Crippen LogP contribution in [0.5, 0.6) is 0 Å². The summed E-state index contributed by atoms with van der Waals surface area (Å²) in [6.45, 7) is 5.36. The van der Waals surface area contributed by atoms with Crippen LogP contribution in [0.1, 0.15) is 48.4 Å². The Labute approximate surface area is 124 Å². The van der Waals surface area contributed by atoms with Crippen molar-refractivity contribution in [3.8, 4) is 10.7 Å². The highest BCUT2D eigenvalue weighted by atomic mass is 32.1. The van der Waals surface area contributed by atoms with Crippen LogP contribution in [0.4, 0.5) is 0 Å². The fraction of sp³-hybridized carbons (Fsp3) is 0.500. The van der Waals surface area contributed by atoms with Crippen LogP contribution in [0.2, 0.25) is 0 Å². The van der Waals surface area contributed by atoms with E-state index in [1.165, 1.54) is 35.4 Å². The lowest BCUT2D eigenvalue weighted by atomic mass is 9.98. The van der Waals surface area contributed by atoms with Gasteiger partial charge in [0.05, 0.1) is 11.4 Å². The Bertz CT molecular complexity index is 574. The van der Waals surface area contributed by atoms with Crippen LogP contribution in [-0.2, 0) is 6.42 Å². The van der Waals surface area contributed by atoms with Gasteiger partial charge in [0.25, 0.3) is 0 Å². The lowest BCUT2D eigenvalue weighted by Gasteiger charge is -2.22. The maximum atomic E-state index is 4.83. The molecule has 1 unspecified atom stereocenters. The molecule has 106 valence electrons. The molecule has 20 heavy (non-hydrogen) atoms. The maximum absolute atomic E-state index is 4.83. The summed E-state index contributed by atoms with van der Waals surface area (Å²) in [5.74, 6) is 0. The van der Waals surface area contributed by atoms with E-state index in [1.807, 2.05) is 17.5 Å². The van der Waals surface area contributed by atoms with Crippen LogP contribution in [0.25, 0.3) is 10.7 Å². The zero-order valence-corrected chi connectivity index (χ0v) is 13.0. The predicted molar refractivity (Wildman–Crippen MR) is 84.1 cm³/mol. The fourth-order valence-corrected chi connectivity index (χ4v) is 3.84. The second-order valence-electron chi connectivity index (χ2n) is 5.45. The van der Waals surface area contributed by atoms with Crippen molar-refractivity contribution in [3.63, 3.8) is 0 Å². The number of pyridine rings is 1. The monoisotopic (exact) mass is 287 g/mol. The molecule has 1 aliphatic rings. The second-order valence-corrected chi connectivity index (χ2v) is 6.48. The SMILES string of the molecule is CCCNC1CCCc2nc(-c3ccc(C)cn3)sc21. The molecule has 1 aliphatic carbocycles. The van der Waals surface area contributed by atoms with Crippen molar-refractivity contribution in [2.24, 2.45) is 0 Å². The van der Waals surface area contributed by atoms with E-state index >= 15 is 0 Å². The van der Waals surface area contributed by atoms with Gasteiger partial charge in [-0.25, -0.2) is 4.98 Å². The lowest BCUT2D eigenvalue weighted by molar-refractivity contribution is 0.465. The number of thiazole rings is 1. The fourth-order valence-electron chi connectivity index (χ4n) is 2.64. The predicted octanol–water partition coefficient (Wildman–Crippen LogP) is 3.89. The molecule has 2 heterocycles. The van der Waals surface area contributed by atoms with Crippen LogP contribution in [-0.4, -0.2) is 16.5 Å². The first-order valence-corrected chi connectivity index (χ1v) is 8.25. The molecule has 3 nitrogen and oxygen atoms in total. The van der Waals surface area contributed by atoms with E-state index in [0.717, 1.165) is 23.7 Å². The van der Waals surface area contributed by atoms with Gasteiger partial charge in [-0.1, -0.05) is 13.0 Å². The van der Waals surface area contributed by atoms with Crippen LogP contribution >= 0.6 is 11.3 Å². The molecule has 0 spiro atoms. The van der Waals surface area contributed by atoms with E-state index in [2.05, 4.69) is 36.3 Å². The van der Waals surface area contributed by atoms with Crippen LogP contribution in [0, 0.1) is 6.92 Å². The highest BCUT2D eigenvalue weighted by Gasteiger charge is 2.24. The van der Waals surface area contributed by atoms with Gasteiger partial charge in [-0.15, -0.1) is 11.3 Å². The normalized spacial score (nSPS) is 18.0. The number of rotatable bonds is 4. The minimum absolute atomic E-state index is 0.496. The average molecular weight is 287 g/mol. The van der Waals surface area contributed by atoms with Gasteiger partial charge in [0.2, 0.25) is 0 Å². The van der Waals surface area contributed by atoms with Gasteiger partial charge in [0, 0.05) is 17.1 Å². The van der Waals surface area contributed by atoms with E-state index in [9.17, 15) is 0 Å². The summed E-state index contributed by atoms with van der Waals surface area (Å²) in [6.07, 6.45) is 6.68. The number of nitrogens with one attached hydrogen (secondary N) is 1. The number of aryl methyl sites for hydroxylation is 2. The molecular weight excluding hydrogens is 266 g/mol. The number of hydrogen-bond acceptors (Lipinski definition) is 4. The number of fused-ring (bicyclic) bond motifs is 1. The lowest BCUT2D eigenvalue weighted by Crippen LogP contribution is -2.24. The van der Waals surface area contributed by atoms with Gasteiger partial charge in [-0.05, 0) is 50.8 Å². The van der Waals surface area contributed by atoms with Crippen molar-refractivity contribution in [2.45, 2.75) is 45.6 Å². The third kappa shape index (κ3) is 2.76. The first-order chi connectivity index (χ1) is 9.78. The van der Waals surface area contributed by atoms with Gasteiger partial charge in [0.1, 0.15) is 5.01 Å². The molecule has 0 saturated heterocycles. The highest BCUT2D eigenvalue weighted by molar-refractivity contribution is 7.15. The third-order valence-corrected chi connectivity index (χ3v) is 4.96. The summed E-state index contributed by atoms with van der Waals surface area (Å²) in [5.41, 5.74) is 3.48. The smallest absolute Gasteiger partial charge is 0.142 e.